The summed E-state index contributed by atoms with van der Waals surface area (Å²) in [5, 5.41) is 0. The SMILES string of the molecule is O=S(=O)(NC1=NCCC1)c1cc(Br)ccc1Br. The van der Waals surface area contributed by atoms with Crippen LogP contribution in [0.3, 0.4) is 0 Å². The van der Waals surface area contributed by atoms with E-state index in [1.54, 1.807) is 18.2 Å². The second-order valence-electron chi connectivity index (χ2n) is 3.61. The summed E-state index contributed by atoms with van der Waals surface area (Å²) >= 11 is 6.49. The van der Waals surface area contributed by atoms with Gasteiger partial charge in [-0.1, -0.05) is 15.9 Å². The third kappa shape index (κ3) is 3.08. The minimum atomic E-state index is -3.55. The molecule has 0 amide bonds. The molecule has 1 aliphatic rings. The van der Waals surface area contributed by atoms with E-state index >= 15 is 0 Å². The molecule has 2 rings (SSSR count). The molecular weight excluding hydrogens is 372 g/mol. The number of benzene rings is 1. The van der Waals surface area contributed by atoms with Crippen molar-refractivity contribution in [1.29, 1.82) is 0 Å². The van der Waals surface area contributed by atoms with Gasteiger partial charge in [-0.2, -0.15) is 0 Å². The van der Waals surface area contributed by atoms with Crippen molar-refractivity contribution in [1.82, 2.24) is 4.72 Å². The quantitative estimate of drug-likeness (QED) is 0.856. The third-order valence-corrected chi connectivity index (χ3v) is 5.18. The van der Waals surface area contributed by atoms with Crippen LogP contribution in [-0.4, -0.2) is 20.8 Å². The number of nitrogens with one attached hydrogen (secondary N) is 1. The molecule has 0 atom stereocenters. The molecule has 0 aliphatic carbocycles. The zero-order valence-corrected chi connectivity index (χ0v) is 12.8. The lowest BCUT2D eigenvalue weighted by molar-refractivity contribution is 0.591. The van der Waals surface area contributed by atoms with Crippen molar-refractivity contribution in [2.24, 2.45) is 4.99 Å². The number of nitrogens with zero attached hydrogens (tertiary/aromatic N) is 1. The molecule has 1 aromatic carbocycles. The smallest absolute Gasteiger partial charge is 0.263 e. The maximum absolute atomic E-state index is 12.1. The van der Waals surface area contributed by atoms with Crippen molar-refractivity contribution >= 4 is 47.7 Å². The Hall–Kier alpha value is -0.400. The van der Waals surface area contributed by atoms with Gasteiger partial charge in [-0.25, -0.2) is 8.42 Å². The van der Waals surface area contributed by atoms with Gasteiger partial charge in [0, 0.05) is 21.9 Å². The predicted octanol–water partition coefficient (Wildman–Crippen LogP) is 2.68. The van der Waals surface area contributed by atoms with Crippen LogP contribution < -0.4 is 4.72 Å². The summed E-state index contributed by atoms with van der Waals surface area (Å²) in [5.74, 6) is 0.539. The van der Waals surface area contributed by atoms with Crippen molar-refractivity contribution in [3.05, 3.63) is 27.1 Å². The van der Waals surface area contributed by atoms with E-state index in [9.17, 15) is 8.42 Å². The molecule has 0 saturated heterocycles. The fourth-order valence-electron chi connectivity index (χ4n) is 1.52. The van der Waals surface area contributed by atoms with E-state index < -0.39 is 10.0 Å². The van der Waals surface area contributed by atoms with Gasteiger partial charge < -0.3 is 0 Å². The fourth-order valence-corrected chi connectivity index (χ4v) is 4.11. The van der Waals surface area contributed by atoms with Crippen LogP contribution in [0.4, 0.5) is 0 Å². The summed E-state index contributed by atoms with van der Waals surface area (Å²) in [6.07, 6.45) is 1.59. The van der Waals surface area contributed by atoms with E-state index in [2.05, 4.69) is 41.6 Å². The Morgan fingerprint density at radius 2 is 2.06 bits per heavy atom. The highest BCUT2D eigenvalue weighted by molar-refractivity contribution is 9.11. The van der Waals surface area contributed by atoms with Crippen molar-refractivity contribution in [2.75, 3.05) is 6.54 Å². The largest absolute Gasteiger partial charge is 0.272 e. The van der Waals surface area contributed by atoms with Crippen LogP contribution in [0.15, 0.2) is 37.0 Å². The third-order valence-electron chi connectivity index (χ3n) is 2.31. The lowest BCUT2D eigenvalue weighted by Crippen LogP contribution is -2.29. The number of hydrogen-bond acceptors (Lipinski definition) is 3. The molecule has 1 heterocycles. The van der Waals surface area contributed by atoms with Gasteiger partial charge in [-0.3, -0.25) is 9.71 Å². The minimum absolute atomic E-state index is 0.210. The molecule has 0 radical (unpaired) electrons. The van der Waals surface area contributed by atoms with E-state index in [4.69, 9.17) is 0 Å². The predicted molar refractivity (Wildman–Crippen MR) is 73.7 cm³/mol. The first kappa shape index (κ1) is 13.0. The Balaban J connectivity index is 2.34. The Labute approximate surface area is 117 Å². The molecule has 1 aromatic rings. The van der Waals surface area contributed by atoms with Crippen LogP contribution >= 0.6 is 31.9 Å². The highest BCUT2D eigenvalue weighted by atomic mass is 79.9. The molecule has 0 bridgehead atoms. The minimum Gasteiger partial charge on any atom is -0.272 e. The van der Waals surface area contributed by atoms with E-state index in [1.165, 1.54) is 0 Å². The Kier molecular flexibility index (Phi) is 3.89. The van der Waals surface area contributed by atoms with Gasteiger partial charge in [0.25, 0.3) is 10.0 Å². The van der Waals surface area contributed by atoms with Crippen LogP contribution in [0.1, 0.15) is 12.8 Å². The fraction of sp³-hybridized carbons (Fsp3) is 0.300. The van der Waals surface area contributed by atoms with Crippen molar-refractivity contribution in [2.45, 2.75) is 17.7 Å². The number of amidine groups is 1. The summed E-state index contributed by atoms with van der Waals surface area (Å²) < 4.78 is 28.0. The van der Waals surface area contributed by atoms with Gasteiger partial charge in [0.1, 0.15) is 10.7 Å². The Morgan fingerprint density at radius 1 is 1.29 bits per heavy atom. The van der Waals surface area contributed by atoms with Crippen LogP contribution in [0, 0.1) is 0 Å². The van der Waals surface area contributed by atoms with Crippen molar-refractivity contribution in [3.8, 4) is 0 Å². The van der Waals surface area contributed by atoms with Gasteiger partial charge in [-0.15, -0.1) is 0 Å². The lowest BCUT2D eigenvalue weighted by Gasteiger charge is -2.09. The van der Waals surface area contributed by atoms with E-state index in [0.717, 1.165) is 10.9 Å². The molecule has 7 heteroatoms. The molecule has 0 fully saturated rings. The molecule has 17 heavy (non-hydrogen) atoms. The van der Waals surface area contributed by atoms with Gasteiger partial charge in [0.15, 0.2) is 0 Å². The number of aliphatic imine (C=N–C) groups is 1. The molecule has 1 aliphatic heterocycles. The normalized spacial score (nSPS) is 15.8. The molecule has 0 aromatic heterocycles. The highest BCUT2D eigenvalue weighted by Gasteiger charge is 2.20. The summed E-state index contributed by atoms with van der Waals surface area (Å²) in [6.45, 7) is 0.692. The molecule has 4 nitrogen and oxygen atoms in total. The zero-order valence-electron chi connectivity index (χ0n) is 8.78. The number of sulfonamides is 1. The zero-order chi connectivity index (χ0) is 12.5. The molecule has 92 valence electrons. The first-order chi connectivity index (χ1) is 7.99. The van der Waals surface area contributed by atoms with Gasteiger partial charge in [0.2, 0.25) is 0 Å². The summed E-state index contributed by atoms with van der Waals surface area (Å²) in [5.41, 5.74) is 0. The maximum atomic E-state index is 12.1. The molecule has 0 unspecified atom stereocenters. The first-order valence-electron chi connectivity index (χ1n) is 5.00. The van der Waals surface area contributed by atoms with Gasteiger partial charge in [-0.05, 0) is 40.5 Å². The van der Waals surface area contributed by atoms with E-state index in [0.29, 0.717) is 23.3 Å². The van der Waals surface area contributed by atoms with E-state index in [-0.39, 0.29) is 4.90 Å². The second kappa shape index (κ2) is 5.07. The van der Waals surface area contributed by atoms with Crippen LogP contribution in [0.2, 0.25) is 0 Å². The van der Waals surface area contributed by atoms with Crippen LogP contribution in [0.5, 0.6) is 0 Å². The maximum Gasteiger partial charge on any atom is 0.263 e. The van der Waals surface area contributed by atoms with Crippen LogP contribution in [0.25, 0.3) is 0 Å². The van der Waals surface area contributed by atoms with Crippen LogP contribution in [-0.2, 0) is 10.0 Å². The van der Waals surface area contributed by atoms with Crippen molar-refractivity contribution in [3.63, 3.8) is 0 Å². The topological polar surface area (TPSA) is 58.5 Å². The monoisotopic (exact) mass is 380 g/mol. The second-order valence-corrected chi connectivity index (χ2v) is 7.03. The highest BCUT2D eigenvalue weighted by Crippen LogP contribution is 2.25. The molecule has 0 spiro atoms. The average Bonchev–Trinajstić information content (AvgIpc) is 2.73. The van der Waals surface area contributed by atoms with Crippen molar-refractivity contribution < 1.29 is 8.42 Å². The van der Waals surface area contributed by atoms with Gasteiger partial charge >= 0.3 is 0 Å². The number of rotatable bonds is 2. The summed E-state index contributed by atoms with van der Waals surface area (Å²) in [4.78, 5) is 4.31. The lowest BCUT2D eigenvalue weighted by atomic mass is 10.3. The number of hydrogen-bond donors (Lipinski definition) is 1. The Bertz CT molecular complexity index is 570. The average molecular weight is 382 g/mol. The first-order valence-corrected chi connectivity index (χ1v) is 8.07. The molecule has 0 saturated carbocycles. The Morgan fingerprint density at radius 3 is 2.71 bits per heavy atom. The molecule has 1 N–H and O–H groups in total. The molecular formula is C10H10Br2N2O2S. The number of halogens is 2. The van der Waals surface area contributed by atoms with Gasteiger partial charge in [0.05, 0.1) is 0 Å². The summed E-state index contributed by atoms with van der Waals surface area (Å²) in [7, 11) is -3.55. The summed E-state index contributed by atoms with van der Waals surface area (Å²) in [6, 6.07) is 5.02. The standard InChI is InChI=1S/C10H10Br2N2O2S/c11-7-3-4-8(12)9(6-7)17(15,16)14-10-2-1-5-13-10/h3-4,6H,1-2,5H2,(H,13,14). The van der Waals surface area contributed by atoms with E-state index in [1.807, 2.05) is 0 Å².